The molecule has 34 heavy (non-hydrogen) atoms. The van der Waals surface area contributed by atoms with E-state index in [1.807, 2.05) is 19.9 Å². The SMILES string of the molecule is Cc1cccc(Oc2nc3ccccn3c(=O)c2/C=C(/C#N)S(=O)(=O)c2ccc(Cl)cc2)c1C. The minimum Gasteiger partial charge on any atom is -0.438 e. The van der Waals surface area contributed by atoms with Gasteiger partial charge in [-0.05, 0) is 73.5 Å². The van der Waals surface area contributed by atoms with Crippen LogP contribution in [0.15, 0.2) is 81.5 Å². The highest BCUT2D eigenvalue weighted by atomic mass is 35.5. The molecule has 2 aromatic heterocycles. The molecule has 0 amide bonds. The molecule has 0 aliphatic heterocycles. The van der Waals surface area contributed by atoms with E-state index in [0.717, 1.165) is 17.2 Å². The summed E-state index contributed by atoms with van der Waals surface area (Å²) in [6, 6.07) is 17.5. The molecule has 0 bridgehead atoms. The number of hydrogen-bond acceptors (Lipinski definition) is 6. The maximum atomic E-state index is 13.3. The summed E-state index contributed by atoms with van der Waals surface area (Å²) in [6.07, 6.45) is 2.50. The van der Waals surface area contributed by atoms with Crippen LogP contribution >= 0.6 is 11.6 Å². The molecule has 9 heteroatoms. The summed E-state index contributed by atoms with van der Waals surface area (Å²) in [4.78, 5) is 17.0. The summed E-state index contributed by atoms with van der Waals surface area (Å²) in [5, 5.41) is 10.1. The van der Waals surface area contributed by atoms with Crippen molar-refractivity contribution < 1.29 is 13.2 Å². The zero-order valence-electron chi connectivity index (χ0n) is 18.2. The Labute approximate surface area is 201 Å². The number of aryl methyl sites for hydroxylation is 1. The Kier molecular flexibility index (Phi) is 6.24. The van der Waals surface area contributed by atoms with Crippen molar-refractivity contribution in [3.63, 3.8) is 0 Å². The number of fused-ring (bicyclic) bond motifs is 1. The number of allylic oxidation sites excluding steroid dienone is 1. The van der Waals surface area contributed by atoms with Crippen LogP contribution in [-0.2, 0) is 9.84 Å². The number of aromatic nitrogens is 2. The lowest BCUT2D eigenvalue weighted by Gasteiger charge is -2.13. The molecule has 4 aromatic rings. The van der Waals surface area contributed by atoms with Crippen molar-refractivity contribution in [1.29, 1.82) is 5.26 Å². The average molecular weight is 492 g/mol. The highest BCUT2D eigenvalue weighted by molar-refractivity contribution is 7.95. The van der Waals surface area contributed by atoms with Crippen molar-refractivity contribution in [2.75, 3.05) is 0 Å². The molecule has 0 unspecified atom stereocenters. The van der Waals surface area contributed by atoms with Gasteiger partial charge in [-0.15, -0.1) is 0 Å². The van der Waals surface area contributed by atoms with Crippen LogP contribution < -0.4 is 10.3 Å². The van der Waals surface area contributed by atoms with E-state index in [9.17, 15) is 18.5 Å². The van der Waals surface area contributed by atoms with Crippen LogP contribution in [0, 0.1) is 25.2 Å². The van der Waals surface area contributed by atoms with E-state index in [1.165, 1.54) is 34.9 Å². The van der Waals surface area contributed by atoms with E-state index >= 15 is 0 Å². The maximum absolute atomic E-state index is 13.3. The van der Waals surface area contributed by atoms with Gasteiger partial charge < -0.3 is 4.74 Å². The number of ether oxygens (including phenoxy) is 1. The van der Waals surface area contributed by atoms with Crippen LogP contribution in [0.1, 0.15) is 16.7 Å². The largest absolute Gasteiger partial charge is 0.438 e. The summed E-state index contributed by atoms with van der Waals surface area (Å²) < 4.78 is 33.5. The van der Waals surface area contributed by atoms with Crippen molar-refractivity contribution in [2.24, 2.45) is 0 Å². The van der Waals surface area contributed by atoms with E-state index in [2.05, 4.69) is 4.98 Å². The third-order valence-electron chi connectivity index (χ3n) is 5.29. The second-order valence-corrected chi connectivity index (χ2v) is 9.80. The minimum absolute atomic E-state index is 0.107. The number of nitriles is 1. The lowest BCUT2D eigenvalue weighted by molar-refractivity contribution is 0.457. The Hall–Kier alpha value is -3.93. The summed E-state index contributed by atoms with van der Waals surface area (Å²) in [5.74, 6) is 0.352. The van der Waals surface area contributed by atoms with Crippen molar-refractivity contribution in [2.45, 2.75) is 18.7 Å². The van der Waals surface area contributed by atoms with Gasteiger partial charge in [0.15, 0.2) is 0 Å². The minimum atomic E-state index is -4.23. The van der Waals surface area contributed by atoms with Crippen LogP contribution in [0.4, 0.5) is 0 Å². The number of pyridine rings is 1. The summed E-state index contributed by atoms with van der Waals surface area (Å²) in [7, 11) is -4.23. The van der Waals surface area contributed by atoms with Gasteiger partial charge in [0.05, 0.1) is 4.90 Å². The summed E-state index contributed by atoms with van der Waals surface area (Å²) in [5.41, 5.74) is 1.37. The number of sulfone groups is 1. The number of hydrogen-bond donors (Lipinski definition) is 0. The number of nitrogens with zero attached hydrogens (tertiary/aromatic N) is 3. The first kappa shape index (κ1) is 23.2. The predicted octanol–water partition coefficient (Wildman–Crippen LogP) is 5.10. The molecule has 2 aromatic carbocycles. The average Bonchev–Trinajstić information content (AvgIpc) is 2.82. The maximum Gasteiger partial charge on any atom is 0.269 e. The molecule has 0 radical (unpaired) electrons. The molecule has 7 nitrogen and oxygen atoms in total. The van der Waals surface area contributed by atoms with Gasteiger partial charge in [0, 0.05) is 11.2 Å². The molecule has 0 atom stereocenters. The quantitative estimate of drug-likeness (QED) is 0.360. The molecule has 4 rings (SSSR count). The zero-order chi connectivity index (χ0) is 24.5. The summed E-state index contributed by atoms with van der Waals surface area (Å²) in [6.45, 7) is 3.78. The van der Waals surface area contributed by atoms with Crippen molar-refractivity contribution >= 4 is 33.2 Å². The topological polar surface area (TPSA) is 102 Å². The van der Waals surface area contributed by atoms with Gasteiger partial charge in [-0.1, -0.05) is 29.8 Å². The van der Waals surface area contributed by atoms with E-state index in [4.69, 9.17) is 16.3 Å². The fourth-order valence-electron chi connectivity index (χ4n) is 3.26. The molecule has 2 heterocycles. The molecular weight excluding hydrogens is 474 g/mol. The van der Waals surface area contributed by atoms with Crippen LogP contribution in [0.25, 0.3) is 11.7 Å². The zero-order valence-corrected chi connectivity index (χ0v) is 19.8. The molecule has 0 aliphatic carbocycles. The Morgan fingerprint density at radius 1 is 1.09 bits per heavy atom. The van der Waals surface area contributed by atoms with Gasteiger partial charge in [0.1, 0.15) is 27.9 Å². The van der Waals surface area contributed by atoms with Crippen LogP contribution in [0.5, 0.6) is 11.6 Å². The van der Waals surface area contributed by atoms with E-state index < -0.39 is 20.3 Å². The molecule has 0 saturated carbocycles. The van der Waals surface area contributed by atoms with Crippen molar-refractivity contribution in [1.82, 2.24) is 9.38 Å². The first-order valence-electron chi connectivity index (χ1n) is 10.1. The number of halogens is 1. The predicted molar refractivity (Wildman–Crippen MR) is 130 cm³/mol. The van der Waals surface area contributed by atoms with E-state index in [-0.39, 0.29) is 16.3 Å². The Morgan fingerprint density at radius 3 is 2.53 bits per heavy atom. The molecule has 0 spiro atoms. The normalized spacial score (nSPS) is 11.9. The standard InChI is InChI=1S/C25H18ClN3O4S/c1-16-6-5-7-22(17(16)2)33-24-21(25(30)29-13-4-3-8-23(29)28-24)14-20(15-27)34(31,32)19-11-9-18(26)10-12-19/h3-14H,1-2H3/b20-14-. The monoisotopic (exact) mass is 491 g/mol. The lowest BCUT2D eigenvalue weighted by Crippen LogP contribution is -2.19. The first-order chi connectivity index (χ1) is 16.2. The van der Waals surface area contributed by atoms with Crippen molar-refractivity contribution in [3.8, 4) is 17.7 Å². The lowest BCUT2D eigenvalue weighted by atomic mass is 10.1. The number of rotatable bonds is 5. The van der Waals surface area contributed by atoms with E-state index in [1.54, 1.807) is 36.4 Å². The molecule has 0 N–H and O–H groups in total. The molecule has 0 saturated heterocycles. The summed E-state index contributed by atoms with van der Waals surface area (Å²) >= 11 is 5.86. The van der Waals surface area contributed by atoms with Gasteiger partial charge in [-0.3, -0.25) is 9.20 Å². The smallest absolute Gasteiger partial charge is 0.269 e. The number of benzene rings is 2. The van der Waals surface area contributed by atoms with Gasteiger partial charge >= 0.3 is 0 Å². The van der Waals surface area contributed by atoms with Gasteiger partial charge in [-0.2, -0.15) is 10.2 Å². The van der Waals surface area contributed by atoms with Crippen molar-refractivity contribution in [3.05, 3.63) is 104 Å². The second-order valence-electron chi connectivity index (χ2n) is 7.44. The second kappa shape index (κ2) is 9.14. The fourth-order valence-corrected chi connectivity index (χ4v) is 4.53. The van der Waals surface area contributed by atoms with Crippen LogP contribution in [-0.4, -0.2) is 17.8 Å². The molecule has 0 aliphatic rings. The third-order valence-corrected chi connectivity index (χ3v) is 7.23. The van der Waals surface area contributed by atoms with Crippen LogP contribution in [0.3, 0.4) is 0 Å². The highest BCUT2D eigenvalue weighted by Crippen LogP contribution is 2.30. The highest BCUT2D eigenvalue weighted by Gasteiger charge is 2.24. The van der Waals surface area contributed by atoms with E-state index in [0.29, 0.717) is 16.4 Å². The third kappa shape index (κ3) is 4.31. The molecular formula is C25H18ClN3O4S. The Balaban J connectivity index is 1.95. The fraction of sp³-hybridized carbons (Fsp3) is 0.0800. The van der Waals surface area contributed by atoms with Gasteiger partial charge in [0.25, 0.3) is 5.56 Å². The van der Waals surface area contributed by atoms with Gasteiger partial charge in [0.2, 0.25) is 15.7 Å². The molecule has 0 fully saturated rings. The Morgan fingerprint density at radius 2 is 1.82 bits per heavy atom. The van der Waals surface area contributed by atoms with Gasteiger partial charge in [-0.25, -0.2) is 8.42 Å². The Bertz CT molecular complexity index is 1650. The molecule has 170 valence electrons. The first-order valence-corrected chi connectivity index (χ1v) is 12.0. The van der Waals surface area contributed by atoms with Crippen LogP contribution in [0.2, 0.25) is 5.02 Å².